The van der Waals surface area contributed by atoms with E-state index in [1.165, 1.54) is 6.20 Å². The normalized spacial score (nSPS) is 17.8. The molecule has 3 nitrogen and oxygen atoms in total. The summed E-state index contributed by atoms with van der Waals surface area (Å²) in [5.74, 6) is -1.77. The van der Waals surface area contributed by atoms with Crippen LogP contribution in [-0.2, 0) is 4.79 Å². The molecular weight excluding hydrogens is 329 g/mol. The smallest absolute Gasteiger partial charge is 0.365 e. The Labute approximate surface area is 143 Å². The number of carbonyl (C=O) groups is 1. The number of allylic oxidation sites excluding steroid dienone is 1. The molecule has 3 rings (SSSR count). The van der Waals surface area contributed by atoms with Crippen molar-refractivity contribution in [2.75, 3.05) is 10.2 Å². The van der Waals surface area contributed by atoms with Gasteiger partial charge >= 0.3 is 6.18 Å². The Morgan fingerprint density at radius 2 is 1.60 bits per heavy atom. The van der Waals surface area contributed by atoms with E-state index in [1.54, 1.807) is 17.0 Å². The van der Waals surface area contributed by atoms with Gasteiger partial charge in [-0.25, -0.2) is 0 Å². The standard InChI is InChI=1S/C19H17F3N2O/c20-19(21,22)18(25)14-11-12-17(23-15-7-3-1-4-8-15)24(13-14)16-9-5-2-6-10-16/h1-10,13,17,23H,11-12H2. The summed E-state index contributed by atoms with van der Waals surface area (Å²) in [7, 11) is 0. The van der Waals surface area contributed by atoms with E-state index in [0.29, 0.717) is 6.42 Å². The molecule has 0 amide bonds. The predicted octanol–water partition coefficient (Wildman–Crippen LogP) is 4.74. The van der Waals surface area contributed by atoms with Crippen molar-refractivity contribution >= 4 is 17.2 Å². The minimum atomic E-state index is -4.85. The highest BCUT2D eigenvalue weighted by atomic mass is 19.4. The quantitative estimate of drug-likeness (QED) is 0.868. The van der Waals surface area contributed by atoms with Crippen LogP contribution in [0.15, 0.2) is 72.4 Å². The summed E-state index contributed by atoms with van der Waals surface area (Å²) in [5.41, 5.74) is 1.37. The highest BCUT2D eigenvalue weighted by Gasteiger charge is 2.42. The van der Waals surface area contributed by atoms with Gasteiger partial charge in [-0.3, -0.25) is 4.79 Å². The lowest BCUT2D eigenvalue weighted by Gasteiger charge is -2.36. The number of nitrogens with zero attached hydrogens (tertiary/aromatic N) is 1. The van der Waals surface area contributed by atoms with Gasteiger partial charge in [0.15, 0.2) is 0 Å². The molecule has 25 heavy (non-hydrogen) atoms. The predicted molar refractivity (Wildman–Crippen MR) is 91.2 cm³/mol. The van der Waals surface area contributed by atoms with Crippen molar-refractivity contribution in [2.24, 2.45) is 0 Å². The zero-order valence-electron chi connectivity index (χ0n) is 13.3. The number of rotatable bonds is 4. The minimum absolute atomic E-state index is 0.0756. The number of benzene rings is 2. The van der Waals surface area contributed by atoms with E-state index in [0.717, 1.165) is 11.4 Å². The number of nitrogens with one attached hydrogen (secondary N) is 1. The average molecular weight is 346 g/mol. The van der Waals surface area contributed by atoms with E-state index < -0.39 is 12.0 Å². The fourth-order valence-electron chi connectivity index (χ4n) is 2.83. The van der Waals surface area contributed by atoms with Crippen LogP contribution in [0.5, 0.6) is 0 Å². The summed E-state index contributed by atoms with van der Waals surface area (Å²) in [6.45, 7) is 0. The molecule has 0 fully saturated rings. The maximum absolute atomic E-state index is 12.8. The summed E-state index contributed by atoms with van der Waals surface area (Å²) in [6.07, 6.45) is -3.32. The van der Waals surface area contributed by atoms with Gasteiger partial charge in [0, 0.05) is 23.1 Å². The molecule has 1 aliphatic heterocycles. The molecule has 0 saturated carbocycles. The molecule has 1 aliphatic rings. The Bertz CT molecular complexity index is 757. The van der Waals surface area contributed by atoms with E-state index in [4.69, 9.17) is 0 Å². The third-order valence-corrected chi connectivity index (χ3v) is 4.03. The molecule has 0 spiro atoms. The first-order valence-electron chi connectivity index (χ1n) is 7.92. The zero-order chi connectivity index (χ0) is 17.9. The number of hydrogen-bond donors (Lipinski definition) is 1. The van der Waals surface area contributed by atoms with Crippen LogP contribution in [0, 0.1) is 0 Å². The number of carbonyl (C=O) groups excluding carboxylic acids is 1. The van der Waals surface area contributed by atoms with Crippen molar-refractivity contribution in [1.29, 1.82) is 0 Å². The van der Waals surface area contributed by atoms with Gasteiger partial charge in [-0.2, -0.15) is 13.2 Å². The molecule has 0 saturated heterocycles. The monoisotopic (exact) mass is 346 g/mol. The van der Waals surface area contributed by atoms with Crippen LogP contribution in [0.1, 0.15) is 12.8 Å². The second-order valence-corrected chi connectivity index (χ2v) is 5.79. The number of halogens is 3. The van der Waals surface area contributed by atoms with Gasteiger partial charge in [0.1, 0.15) is 6.17 Å². The maximum Gasteiger partial charge on any atom is 0.454 e. The van der Waals surface area contributed by atoms with Crippen molar-refractivity contribution in [3.8, 4) is 0 Å². The van der Waals surface area contributed by atoms with Crippen molar-refractivity contribution in [3.05, 3.63) is 72.4 Å². The second kappa shape index (κ2) is 7.01. The number of para-hydroxylation sites is 2. The van der Waals surface area contributed by atoms with Gasteiger partial charge in [0.05, 0.1) is 0 Å². The molecule has 0 bridgehead atoms. The zero-order valence-corrected chi connectivity index (χ0v) is 13.3. The van der Waals surface area contributed by atoms with Gasteiger partial charge in [-0.05, 0) is 37.1 Å². The second-order valence-electron chi connectivity index (χ2n) is 5.79. The SMILES string of the molecule is O=C(C1=CN(c2ccccc2)C(Nc2ccccc2)CC1)C(F)(F)F. The average Bonchev–Trinajstić information content (AvgIpc) is 2.62. The summed E-state index contributed by atoms with van der Waals surface area (Å²) in [6, 6.07) is 18.5. The summed E-state index contributed by atoms with van der Waals surface area (Å²) < 4.78 is 38.3. The Morgan fingerprint density at radius 3 is 2.20 bits per heavy atom. The van der Waals surface area contributed by atoms with E-state index in [1.807, 2.05) is 48.5 Å². The summed E-state index contributed by atoms with van der Waals surface area (Å²) >= 11 is 0. The number of Topliss-reactive ketones (excluding diaryl/α,β-unsaturated/α-hetero) is 1. The molecule has 2 aromatic carbocycles. The van der Waals surface area contributed by atoms with E-state index in [-0.39, 0.29) is 18.2 Å². The van der Waals surface area contributed by atoms with Gasteiger partial charge in [0.25, 0.3) is 5.78 Å². The minimum Gasteiger partial charge on any atom is -0.365 e. The molecule has 6 heteroatoms. The molecule has 130 valence electrons. The van der Waals surface area contributed by atoms with Crippen molar-refractivity contribution in [1.82, 2.24) is 0 Å². The van der Waals surface area contributed by atoms with Crippen LogP contribution in [0.3, 0.4) is 0 Å². The van der Waals surface area contributed by atoms with Gasteiger partial charge in [0.2, 0.25) is 0 Å². The van der Waals surface area contributed by atoms with Crippen molar-refractivity contribution < 1.29 is 18.0 Å². The number of anilines is 2. The van der Waals surface area contributed by atoms with E-state index in [9.17, 15) is 18.0 Å². The summed E-state index contributed by atoms with van der Waals surface area (Å²) in [5, 5.41) is 3.32. The van der Waals surface area contributed by atoms with Crippen LogP contribution in [0.25, 0.3) is 0 Å². The van der Waals surface area contributed by atoms with Crippen molar-refractivity contribution in [2.45, 2.75) is 25.2 Å². The van der Waals surface area contributed by atoms with Crippen LogP contribution >= 0.6 is 0 Å². The highest BCUT2D eigenvalue weighted by molar-refractivity contribution is 6.00. The van der Waals surface area contributed by atoms with Crippen molar-refractivity contribution in [3.63, 3.8) is 0 Å². The number of hydrogen-bond acceptors (Lipinski definition) is 3. The lowest BCUT2D eigenvalue weighted by molar-refractivity contribution is -0.166. The van der Waals surface area contributed by atoms with E-state index in [2.05, 4.69) is 5.32 Å². The van der Waals surface area contributed by atoms with Crippen LogP contribution in [0.4, 0.5) is 24.5 Å². The van der Waals surface area contributed by atoms with Crippen LogP contribution in [-0.4, -0.2) is 18.1 Å². The molecule has 1 N–H and O–H groups in total. The van der Waals surface area contributed by atoms with Gasteiger partial charge in [-0.1, -0.05) is 36.4 Å². The fourth-order valence-corrected chi connectivity index (χ4v) is 2.83. The Morgan fingerprint density at radius 1 is 1.00 bits per heavy atom. The van der Waals surface area contributed by atoms with Gasteiger partial charge < -0.3 is 10.2 Å². The largest absolute Gasteiger partial charge is 0.454 e. The van der Waals surface area contributed by atoms with Crippen LogP contribution < -0.4 is 10.2 Å². The maximum atomic E-state index is 12.8. The highest BCUT2D eigenvalue weighted by Crippen LogP contribution is 2.31. The van der Waals surface area contributed by atoms with E-state index >= 15 is 0 Å². The number of alkyl halides is 3. The molecule has 1 unspecified atom stereocenters. The Kier molecular flexibility index (Phi) is 4.79. The molecule has 1 heterocycles. The number of ketones is 1. The molecule has 0 aromatic heterocycles. The molecular formula is C19H17F3N2O. The first kappa shape index (κ1) is 17.1. The topological polar surface area (TPSA) is 32.3 Å². The Balaban J connectivity index is 1.92. The summed E-state index contributed by atoms with van der Waals surface area (Å²) in [4.78, 5) is 13.3. The third kappa shape index (κ3) is 4.02. The van der Waals surface area contributed by atoms with Gasteiger partial charge in [-0.15, -0.1) is 0 Å². The third-order valence-electron chi connectivity index (χ3n) is 4.03. The molecule has 2 aromatic rings. The Hall–Kier alpha value is -2.76. The first-order chi connectivity index (χ1) is 11.9. The first-order valence-corrected chi connectivity index (χ1v) is 7.92. The molecule has 0 radical (unpaired) electrons. The fraction of sp³-hybridized carbons (Fsp3) is 0.211. The lowest BCUT2D eigenvalue weighted by Crippen LogP contribution is -2.42. The molecule has 0 aliphatic carbocycles. The lowest BCUT2D eigenvalue weighted by atomic mass is 10.00. The molecule has 1 atom stereocenters. The van der Waals surface area contributed by atoms with Crippen LogP contribution in [0.2, 0.25) is 0 Å².